The number of aromatic nitrogens is 1. The summed E-state index contributed by atoms with van der Waals surface area (Å²) in [6.45, 7) is -0.135. The fourth-order valence-electron chi connectivity index (χ4n) is 1.29. The molecular formula is C12H9ClINO2. The molecule has 0 aliphatic heterocycles. The third kappa shape index (κ3) is 3.31. The molecule has 0 aliphatic carbocycles. The highest BCUT2D eigenvalue weighted by Crippen LogP contribution is 2.24. The lowest BCUT2D eigenvalue weighted by Gasteiger charge is -2.07. The van der Waals surface area contributed by atoms with Gasteiger partial charge in [0.15, 0.2) is 0 Å². The Morgan fingerprint density at radius 3 is 2.88 bits per heavy atom. The van der Waals surface area contributed by atoms with Crippen LogP contribution in [0.25, 0.3) is 0 Å². The minimum Gasteiger partial charge on any atom is -0.439 e. The Balaban J connectivity index is 2.24. The molecule has 1 N–H and O–H groups in total. The fraction of sp³-hybridized carbons (Fsp3) is 0.0833. The second kappa shape index (κ2) is 5.66. The van der Waals surface area contributed by atoms with E-state index in [0.717, 1.165) is 3.57 Å². The third-order valence-electron chi connectivity index (χ3n) is 2.10. The molecule has 17 heavy (non-hydrogen) atoms. The first-order valence-corrected chi connectivity index (χ1v) is 6.33. The first-order valence-electron chi connectivity index (χ1n) is 4.88. The summed E-state index contributed by atoms with van der Waals surface area (Å²) in [4.78, 5) is 4.04. The van der Waals surface area contributed by atoms with Gasteiger partial charge in [0, 0.05) is 21.4 Å². The number of halogens is 2. The topological polar surface area (TPSA) is 42.4 Å². The van der Waals surface area contributed by atoms with Crippen molar-refractivity contribution >= 4 is 34.2 Å². The van der Waals surface area contributed by atoms with Crippen LogP contribution in [-0.2, 0) is 6.61 Å². The van der Waals surface area contributed by atoms with Crippen molar-refractivity contribution in [3.63, 3.8) is 0 Å². The minimum atomic E-state index is -0.135. The quantitative estimate of drug-likeness (QED) is 0.849. The molecule has 1 aromatic heterocycles. The zero-order valence-electron chi connectivity index (χ0n) is 8.73. The summed E-state index contributed by atoms with van der Waals surface area (Å²) in [6.07, 6.45) is 1.47. The molecule has 5 heteroatoms. The molecule has 88 valence electrons. The van der Waals surface area contributed by atoms with E-state index in [0.29, 0.717) is 22.2 Å². The maximum absolute atomic E-state index is 9.08. The van der Waals surface area contributed by atoms with Crippen molar-refractivity contribution in [2.75, 3.05) is 0 Å². The predicted octanol–water partition coefficient (Wildman–Crippen LogP) is 3.62. The molecule has 1 aromatic carbocycles. The number of benzene rings is 1. The van der Waals surface area contributed by atoms with Crippen molar-refractivity contribution in [1.29, 1.82) is 0 Å². The van der Waals surface area contributed by atoms with E-state index in [9.17, 15) is 0 Å². The molecule has 0 saturated heterocycles. The summed E-state index contributed by atoms with van der Waals surface area (Å²) in [5.74, 6) is 1.12. The maximum Gasteiger partial charge on any atom is 0.219 e. The van der Waals surface area contributed by atoms with Gasteiger partial charge in [0.25, 0.3) is 0 Å². The largest absolute Gasteiger partial charge is 0.439 e. The molecule has 0 radical (unpaired) electrons. The Bertz CT molecular complexity index is 534. The molecular weight excluding hydrogens is 352 g/mol. The summed E-state index contributed by atoms with van der Waals surface area (Å²) in [7, 11) is 0. The van der Waals surface area contributed by atoms with E-state index >= 15 is 0 Å². The van der Waals surface area contributed by atoms with Crippen LogP contribution in [0.4, 0.5) is 0 Å². The monoisotopic (exact) mass is 361 g/mol. The summed E-state index contributed by atoms with van der Waals surface area (Å²) in [5.41, 5.74) is 0.599. The van der Waals surface area contributed by atoms with Crippen molar-refractivity contribution < 1.29 is 9.84 Å². The molecule has 1 heterocycles. The van der Waals surface area contributed by atoms with Crippen molar-refractivity contribution in [3.8, 4) is 11.6 Å². The highest BCUT2D eigenvalue weighted by atomic mass is 127. The van der Waals surface area contributed by atoms with Crippen LogP contribution in [0, 0.1) is 3.57 Å². The number of rotatable bonds is 3. The average molecular weight is 362 g/mol. The SMILES string of the molecule is OCc1cc(Oc2cccc(I)c2)ncc1Cl. The average Bonchev–Trinajstić information content (AvgIpc) is 2.32. The van der Waals surface area contributed by atoms with E-state index < -0.39 is 0 Å². The van der Waals surface area contributed by atoms with E-state index in [4.69, 9.17) is 21.4 Å². The molecule has 0 fully saturated rings. The summed E-state index contributed by atoms with van der Waals surface area (Å²) >= 11 is 8.05. The molecule has 0 bridgehead atoms. The maximum atomic E-state index is 9.08. The number of ether oxygens (including phenoxy) is 1. The molecule has 0 aliphatic rings. The van der Waals surface area contributed by atoms with Crippen molar-refractivity contribution in [1.82, 2.24) is 4.98 Å². The molecule has 0 spiro atoms. The van der Waals surface area contributed by atoms with E-state index in [1.54, 1.807) is 6.07 Å². The molecule has 0 saturated carbocycles. The van der Waals surface area contributed by atoms with E-state index in [2.05, 4.69) is 27.6 Å². The second-order valence-corrected chi connectivity index (χ2v) is 4.98. The van der Waals surface area contributed by atoms with E-state index in [1.165, 1.54) is 6.20 Å². The summed E-state index contributed by atoms with van der Waals surface area (Å²) in [6, 6.07) is 9.25. The lowest BCUT2D eigenvalue weighted by Crippen LogP contribution is -1.92. The predicted molar refractivity (Wildman–Crippen MR) is 74.4 cm³/mol. The number of aliphatic hydroxyl groups is 1. The Kier molecular flexibility index (Phi) is 4.20. The van der Waals surface area contributed by atoms with Gasteiger partial charge >= 0.3 is 0 Å². The Morgan fingerprint density at radius 1 is 1.35 bits per heavy atom. The lowest BCUT2D eigenvalue weighted by molar-refractivity contribution is 0.281. The number of hydrogen-bond acceptors (Lipinski definition) is 3. The number of pyridine rings is 1. The van der Waals surface area contributed by atoms with Gasteiger partial charge in [-0.2, -0.15) is 0 Å². The summed E-state index contributed by atoms with van der Waals surface area (Å²) in [5, 5.41) is 9.52. The highest BCUT2D eigenvalue weighted by molar-refractivity contribution is 14.1. The van der Waals surface area contributed by atoms with Crippen LogP contribution in [0.1, 0.15) is 5.56 Å². The number of aliphatic hydroxyl groups excluding tert-OH is 1. The number of hydrogen-bond donors (Lipinski definition) is 1. The van der Waals surface area contributed by atoms with Crippen LogP contribution in [-0.4, -0.2) is 10.1 Å². The molecule has 0 unspecified atom stereocenters. The van der Waals surface area contributed by atoms with Crippen LogP contribution in [0.2, 0.25) is 5.02 Å². The highest BCUT2D eigenvalue weighted by Gasteiger charge is 2.04. The molecule has 3 nitrogen and oxygen atoms in total. The van der Waals surface area contributed by atoms with Gasteiger partial charge in [-0.3, -0.25) is 0 Å². The third-order valence-corrected chi connectivity index (χ3v) is 3.11. The van der Waals surface area contributed by atoms with Crippen LogP contribution in [0.15, 0.2) is 36.5 Å². The van der Waals surface area contributed by atoms with Crippen molar-refractivity contribution in [3.05, 3.63) is 50.7 Å². The van der Waals surface area contributed by atoms with Gasteiger partial charge in [0.1, 0.15) is 5.75 Å². The smallest absolute Gasteiger partial charge is 0.219 e. The zero-order chi connectivity index (χ0) is 12.3. The molecule has 0 amide bonds. The number of nitrogens with zero attached hydrogens (tertiary/aromatic N) is 1. The van der Waals surface area contributed by atoms with Gasteiger partial charge in [0.05, 0.1) is 11.6 Å². The lowest BCUT2D eigenvalue weighted by atomic mass is 10.3. The van der Waals surface area contributed by atoms with Crippen molar-refractivity contribution in [2.45, 2.75) is 6.61 Å². The summed E-state index contributed by atoms with van der Waals surface area (Å²) < 4.78 is 6.65. The second-order valence-electron chi connectivity index (χ2n) is 3.33. The first kappa shape index (κ1) is 12.6. The van der Waals surface area contributed by atoms with Crippen LogP contribution >= 0.6 is 34.2 Å². The van der Waals surface area contributed by atoms with Gasteiger partial charge in [0.2, 0.25) is 5.88 Å². The van der Waals surface area contributed by atoms with Gasteiger partial charge < -0.3 is 9.84 Å². The van der Waals surface area contributed by atoms with Crippen LogP contribution in [0.3, 0.4) is 0 Å². The van der Waals surface area contributed by atoms with Crippen molar-refractivity contribution in [2.24, 2.45) is 0 Å². The van der Waals surface area contributed by atoms with E-state index in [-0.39, 0.29) is 6.61 Å². The molecule has 2 rings (SSSR count). The van der Waals surface area contributed by atoms with Gasteiger partial charge in [-0.05, 0) is 40.8 Å². The van der Waals surface area contributed by atoms with Gasteiger partial charge in [-0.25, -0.2) is 4.98 Å². The van der Waals surface area contributed by atoms with Gasteiger partial charge in [-0.1, -0.05) is 17.7 Å². The minimum absolute atomic E-state index is 0.135. The Labute approximate surface area is 118 Å². The Hall–Kier alpha value is -0.850. The van der Waals surface area contributed by atoms with E-state index in [1.807, 2.05) is 24.3 Å². The first-order chi connectivity index (χ1) is 8.19. The fourth-order valence-corrected chi connectivity index (χ4v) is 1.96. The van der Waals surface area contributed by atoms with Gasteiger partial charge in [-0.15, -0.1) is 0 Å². The molecule has 0 atom stereocenters. The normalized spacial score (nSPS) is 10.3. The Morgan fingerprint density at radius 2 is 2.18 bits per heavy atom. The molecule has 2 aromatic rings. The van der Waals surface area contributed by atoms with Crippen LogP contribution < -0.4 is 4.74 Å². The van der Waals surface area contributed by atoms with Crippen LogP contribution in [0.5, 0.6) is 11.6 Å². The standard InChI is InChI=1S/C12H9ClINO2/c13-11-6-15-12(4-8(11)7-16)17-10-3-1-2-9(14)5-10/h1-6,16H,7H2. The zero-order valence-corrected chi connectivity index (χ0v) is 11.6.